The summed E-state index contributed by atoms with van der Waals surface area (Å²) in [5, 5.41) is 12.8. The van der Waals surface area contributed by atoms with Crippen molar-refractivity contribution in [1.82, 2.24) is 5.32 Å². The molecule has 1 rings (SSSR count). The Kier molecular flexibility index (Phi) is 4.85. The summed E-state index contributed by atoms with van der Waals surface area (Å²) < 4.78 is 4.86. The third-order valence-corrected chi connectivity index (χ3v) is 3.12. The molecule has 1 aliphatic carbocycles. The SMILES string of the molecule is COCC(O)CNC1CC(C(C)C)C1. The van der Waals surface area contributed by atoms with Crippen LogP contribution in [0.15, 0.2) is 0 Å². The molecular formula is C11H23NO2. The van der Waals surface area contributed by atoms with E-state index in [0.29, 0.717) is 19.2 Å². The number of nitrogens with one attached hydrogen (secondary N) is 1. The summed E-state index contributed by atoms with van der Waals surface area (Å²) in [5.41, 5.74) is 0. The molecule has 3 heteroatoms. The fourth-order valence-electron chi connectivity index (χ4n) is 1.93. The monoisotopic (exact) mass is 201 g/mol. The van der Waals surface area contributed by atoms with Crippen molar-refractivity contribution in [1.29, 1.82) is 0 Å². The van der Waals surface area contributed by atoms with Crippen LogP contribution in [0.1, 0.15) is 26.7 Å². The van der Waals surface area contributed by atoms with Crippen LogP contribution >= 0.6 is 0 Å². The molecule has 0 aliphatic heterocycles. The fraction of sp³-hybridized carbons (Fsp3) is 1.00. The molecule has 0 aromatic rings. The van der Waals surface area contributed by atoms with E-state index in [4.69, 9.17) is 4.74 Å². The van der Waals surface area contributed by atoms with Crippen LogP contribution in [-0.4, -0.2) is 37.5 Å². The molecular weight excluding hydrogens is 178 g/mol. The molecule has 1 fully saturated rings. The van der Waals surface area contributed by atoms with E-state index in [1.165, 1.54) is 12.8 Å². The molecule has 84 valence electrons. The minimum Gasteiger partial charge on any atom is -0.389 e. The van der Waals surface area contributed by atoms with Gasteiger partial charge in [0, 0.05) is 19.7 Å². The number of hydrogen-bond acceptors (Lipinski definition) is 3. The van der Waals surface area contributed by atoms with E-state index < -0.39 is 0 Å². The van der Waals surface area contributed by atoms with Crippen LogP contribution < -0.4 is 5.32 Å². The van der Waals surface area contributed by atoms with Crippen molar-refractivity contribution < 1.29 is 9.84 Å². The Morgan fingerprint density at radius 1 is 1.43 bits per heavy atom. The first-order chi connectivity index (χ1) is 6.63. The van der Waals surface area contributed by atoms with Crippen LogP contribution in [0.3, 0.4) is 0 Å². The average Bonchev–Trinajstić information content (AvgIpc) is 2.01. The first kappa shape index (κ1) is 12.0. The summed E-state index contributed by atoms with van der Waals surface area (Å²) >= 11 is 0. The molecule has 0 amide bonds. The number of ether oxygens (including phenoxy) is 1. The molecule has 0 saturated heterocycles. The minimum absolute atomic E-state index is 0.363. The lowest BCUT2D eigenvalue weighted by Crippen LogP contribution is -2.46. The number of rotatable bonds is 6. The normalized spacial score (nSPS) is 28.9. The smallest absolute Gasteiger partial charge is 0.0897 e. The molecule has 0 spiro atoms. The lowest BCUT2D eigenvalue weighted by atomic mass is 9.73. The molecule has 3 nitrogen and oxygen atoms in total. The van der Waals surface area contributed by atoms with Gasteiger partial charge in [-0.3, -0.25) is 0 Å². The quantitative estimate of drug-likeness (QED) is 0.674. The maximum atomic E-state index is 9.41. The fourth-order valence-corrected chi connectivity index (χ4v) is 1.93. The van der Waals surface area contributed by atoms with Gasteiger partial charge in [0.05, 0.1) is 12.7 Å². The van der Waals surface area contributed by atoms with Gasteiger partial charge in [0.25, 0.3) is 0 Å². The third kappa shape index (κ3) is 3.56. The van der Waals surface area contributed by atoms with Gasteiger partial charge in [-0.2, -0.15) is 0 Å². The van der Waals surface area contributed by atoms with Crippen LogP contribution in [0.4, 0.5) is 0 Å². The van der Waals surface area contributed by atoms with Crippen molar-refractivity contribution >= 4 is 0 Å². The molecule has 0 aromatic heterocycles. The van der Waals surface area contributed by atoms with E-state index in [-0.39, 0.29) is 6.10 Å². The zero-order valence-electron chi connectivity index (χ0n) is 9.49. The highest BCUT2D eigenvalue weighted by Gasteiger charge is 2.30. The third-order valence-electron chi connectivity index (χ3n) is 3.12. The summed E-state index contributed by atoms with van der Waals surface area (Å²) in [4.78, 5) is 0. The van der Waals surface area contributed by atoms with E-state index in [0.717, 1.165) is 11.8 Å². The molecule has 0 heterocycles. The van der Waals surface area contributed by atoms with Crippen LogP contribution in [0.25, 0.3) is 0 Å². The Hall–Kier alpha value is -0.120. The lowest BCUT2D eigenvalue weighted by Gasteiger charge is -2.39. The first-order valence-electron chi connectivity index (χ1n) is 5.53. The minimum atomic E-state index is -0.363. The second kappa shape index (κ2) is 5.69. The summed E-state index contributed by atoms with van der Waals surface area (Å²) in [7, 11) is 1.61. The van der Waals surface area contributed by atoms with Gasteiger partial charge in [0.2, 0.25) is 0 Å². The number of hydrogen-bond donors (Lipinski definition) is 2. The van der Waals surface area contributed by atoms with Gasteiger partial charge in [0.1, 0.15) is 0 Å². The highest BCUT2D eigenvalue weighted by Crippen LogP contribution is 2.33. The Labute approximate surface area is 86.8 Å². The maximum Gasteiger partial charge on any atom is 0.0897 e. The van der Waals surface area contributed by atoms with Crippen molar-refractivity contribution in [3.05, 3.63) is 0 Å². The average molecular weight is 201 g/mol. The second-order valence-electron chi connectivity index (χ2n) is 4.69. The van der Waals surface area contributed by atoms with Gasteiger partial charge < -0.3 is 15.2 Å². The second-order valence-corrected chi connectivity index (χ2v) is 4.69. The molecule has 1 unspecified atom stereocenters. The molecule has 1 saturated carbocycles. The van der Waals surface area contributed by atoms with Crippen LogP contribution in [-0.2, 0) is 4.74 Å². The van der Waals surface area contributed by atoms with Crippen molar-refractivity contribution in [2.45, 2.75) is 38.8 Å². The van der Waals surface area contributed by atoms with E-state index >= 15 is 0 Å². The van der Waals surface area contributed by atoms with E-state index in [1.807, 2.05) is 0 Å². The lowest BCUT2D eigenvalue weighted by molar-refractivity contribution is 0.0556. The highest BCUT2D eigenvalue weighted by atomic mass is 16.5. The van der Waals surface area contributed by atoms with Crippen LogP contribution in [0.5, 0.6) is 0 Å². The predicted molar refractivity (Wildman–Crippen MR) is 57.2 cm³/mol. The van der Waals surface area contributed by atoms with Crippen molar-refractivity contribution in [3.8, 4) is 0 Å². The highest BCUT2D eigenvalue weighted by molar-refractivity contribution is 4.86. The molecule has 1 aliphatic rings. The molecule has 2 N–H and O–H groups in total. The van der Waals surface area contributed by atoms with Crippen LogP contribution in [0, 0.1) is 11.8 Å². The van der Waals surface area contributed by atoms with E-state index in [1.54, 1.807) is 7.11 Å². The van der Waals surface area contributed by atoms with Gasteiger partial charge in [-0.25, -0.2) is 0 Å². The van der Waals surface area contributed by atoms with Gasteiger partial charge in [-0.05, 0) is 24.7 Å². The number of aliphatic hydroxyl groups excluding tert-OH is 1. The Morgan fingerprint density at radius 3 is 2.57 bits per heavy atom. The summed E-state index contributed by atoms with van der Waals surface area (Å²) in [6.45, 7) is 5.64. The van der Waals surface area contributed by atoms with E-state index in [2.05, 4.69) is 19.2 Å². The van der Waals surface area contributed by atoms with Gasteiger partial charge >= 0.3 is 0 Å². The molecule has 0 bridgehead atoms. The number of aliphatic hydroxyl groups is 1. The molecule has 0 radical (unpaired) electrons. The van der Waals surface area contributed by atoms with E-state index in [9.17, 15) is 5.11 Å². The van der Waals surface area contributed by atoms with Gasteiger partial charge in [-0.15, -0.1) is 0 Å². The van der Waals surface area contributed by atoms with Crippen molar-refractivity contribution in [2.75, 3.05) is 20.3 Å². The standard InChI is InChI=1S/C11H23NO2/c1-8(2)9-4-10(5-9)12-6-11(13)7-14-3/h8-13H,4-7H2,1-3H3. The summed E-state index contributed by atoms with van der Waals surface area (Å²) in [5.74, 6) is 1.68. The first-order valence-corrected chi connectivity index (χ1v) is 5.53. The molecule has 0 aromatic carbocycles. The summed E-state index contributed by atoms with van der Waals surface area (Å²) in [6, 6.07) is 0.619. The van der Waals surface area contributed by atoms with Crippen LogP contribution in [0.2, 0.25) is 0 Å². The summed E-state index contributed by atoms with van der Waals surface area (Å²) in [6.07, 6.45) is 2.16. The largest absolute Gasteiger partial charge is 0.389 e. The maximum absolute atomic E-state index is 9.41. The molecule has 14 heavy (non-hydrogen) atoms. The topological polar surface area (TPSA) is 41.5 Å². The van der Waals surface area contributed by atoms with Gasteiger partial charge in [0.15, 0.2) is 0 Å². The Balaban J connectivity index is 2.00. The van der Waals surface area contributed by atoms with Gasteiger partial charge in [-0.1, -0.05) is 13.8 Å². The molecule has 1 atom stereocenters. The number of methoxy groups -OCH3 is 1. The zero-order chi connectivity index (χ0) is 10.6. The Morgan fingerprint density at radius 2 is 2.07 bits per heavy atom. The zero-order valence-corrected chi connectivity index (χ0v) is 9.49. The Bertz CT molecular complexity index is 155. The van der Waals surface area contributed by atoms with Crippen molar-refractivity contribution in [3.63, 3.8) is 0 Å². The van der Waals surface area contributed by atoms with Crippen molar-refractivity contribution in [2.24, 2.45) is 11.8 Å². The predicted octanol–water partition coefficient (Wildman–Crippen LogP) is 1.02.